The molecule has 124 valence electrons. The number of hydrogen-bond donors (Lipinski definition) is 2. The second-order valence-corrected chi connectivity index (χ2v) is 5.64. The zero-order valence-electron chi connectivity index (χ0n) is 13.5. The highest BCUT2D eigenvalue weighted by atomic mass is 16.2. The zero-order chi connectivity index (χ0) is 16.9. The number of aromatic nitrogens is 1. The van der Waals surface area contributed by atoms with Crippen LogP contribution in [0.5, 0.6) is 0 Å². The van der Waals surface area contributed by atoms with Crippen LogP contribution in [0.4, 0.5) is 0 Å². The molecule has 6 nitrogen and oxygen atoms in total. The summed E-state index contributed by atoms with van der Waals surface area (Å²) >= 11 is 0. The summed E-state index contributed by atoms with van der Waals surface area (Å²) in [6, 6.07) is 12.6. The van der Waals surface area contributed by atoms with Crippen molar-refractivity contribution < 1.29 is 9.59 Å². The number of benzene rings is 1. The smallest absolute Gasteiger partial charge is 0.273 e. The topological polar surface area (TPSA) is 74.3 Å². The number of piperazine rings is 1. The molecule has 0 bridgehead atoms. The van der Waals surface area contributed by atoms with Gasteiger partial charge < -0.3 is 15.5 Å². The van der Waals surface area contributed by atoms with Gasteiger partial charge in [-0.1, -0.05) is 18.2 Å². The van der Waals surface area contributed by atoms with Crippen LogP contribution in [0, 0.1) is 0 Å². The van der Waals surface area contributed by atoms with Crippen LogP contribution in [0.1, 0.15) is 32.5 Å². The Hall–Kier alpha value is -2.73. The van der Waals surface area contributed by atoms with Gasteiger partial charge in [-0.3, -0.25) is 14.6 Å². The number of carbonyl (C=O) groups is 2. The van der Waals surface area contributed by atoms with Gasteiger partial charge in [0, 0.05) is 38.4 Å². The Balaban J connectivity index is 1.90. The van der Waals surface area contributed by atoms with Crippen LogP contribution in [0.3, 0.4) is 0 Å². The van der Waals surface area contributed by atoms with E-state index in [2.05, 4.69) is 15.6 Å². The van der Waals surface area contributed by atoms with Crippen molar-refractivity contribution in [1.82, 2.24) is 20.5 Å². The largest absolute Gasteiger partial charge is 0.355 e. The van der Waals surface area contributed by atoms with E-state index in [0.717, 1.165) is 12.1 Å². The van der Waals surface area contributed by atoms with Gasteiger partial charge in [0.15, 0.2) is 0 Å². The van der Waals surface area contributed by atoms with Crippen molar-refractivity contribution >= 4 is 11.8 Å². The molecule has 2 amide bonds. The molecule has 3 rings (SSSR count). The van der Waals surface area contributed by atoms with E-state index in [1.807, 2.05) is 29.2 Å². The molecule has 2 aromatic rings. The van der Waals surface area contributed by atoms with Crippen LogP contribution < -0.4 is 10.6 Å². The van der Waals surface area contributed by atoms with Crippen molar-refractivity contribution in [2.24, 2.45) is 0 Å². The highest BCUT2D eigenvalue weighted by Crippen LogP contribution is 2.24. The average molecular weight is 324 g/mol. The molecule has 0 aliphatic carbocycles. The molecule has 1 saturated heterocycles. The summed E-state index contributed by atoms with van der Waals surface area (Å²) in [6.45, 7) is 1.99. The molecule has 0 radical (unpaired) electrons. The second-order valence-electron chi connectivity index (χ2n) is 5.64. The van der Waals surface area contributed by atoms with Crippen molar-refractivity contribution in [3.63, 3.8) is 0 Å². The molecule has 1 aliphatic rings. The van der Waals surface area contributed by atoms with Gasteiger partial charge in [0.25, 0.3) is 11.8 Å². The van der Waals surface area contributed by atoms with Crippen molar-refractivity contribution in [3.05, 3.63) is 65.5 Å². The third-order valence-electron chi connectivity index (χ3n) is 4.15. The minimum absolute atomic E-state index is 0.0903. The molecular formula is C18H20N4O2. The van der Waals surface area contributed by atoms with Gasteiger partial charge in [-0.25, -0.2) is 0 Å². The maximum absolute atomic E-state index is 12.8. The molecule has 1 aromatic heterocycles. The summed E-state index contributed by atoms with van der Waals surface area (Å²) < 4.78 is 0. The van der Waals surface area contributed by atoms with Gasteiger partial charge in [0.2, 0.25) is 0 Å². The first kappa shape index (κ1) is 16.1. The lowest BCUT2D eigenvalue weighted by Gasteiger charge is -2.36. The third kappa shape index (κ3) is 3.28. The van der Waals surface area contributed by atoms with E-state index in [-0.39, 0.29) is 17.9 Å². The second kappa shape index (κ2) is 7.23. The minimum atomic E-state index is -0.136. The highest BCUT2D eigenvalue weighted by Gasteiger charge is 2.29. The molecule has 1 atom stereocenters. The van der Waals surface area contributed by atoms with E-state index in [4.69, 9.17) is 0 Å². The molecule has 0 saturated carbocycles. The van der Waals surface area contributed by atoms with Gasteiger partial charge in [-0.05, 0) is 29.8 Å². The maximum Gasteiger partial charge on any atom is 0.273 e. The fraction of sp³-hybridized carbons (Fsp3) is 0.278. The summed E-state index contributed by atoms with van der Waals surface area (Å²) in [4.78, 5) is 30.7. The predicted octanol–water partition coefficient (Wildman–Crippen LogP) is 1.23. The van der Waals surface area contributed by atoms with Gasteiger partial charge in [0.05, 0.1) is 6.04 Å². The van der Waals surface area contributed by atoms with Crippen LogP contribution in [-0.4, -0.2) is 48.4 Å². The van der Waals surface area contributed by atoms with Gasteiger partial charge in [-0.2, -0.15) is 0 Å². The lowest BCUT2D eigenvalue weighted by Crippen LogP contribution is -2.48. The van der Waals surface area contributed by atoms with E-state index in [1.165, 1.54) is 0 Å². The molecule has 1 aliphatic heterocycles. The van der Waals surface area contributed by atoms with Gasteiger partial charge in [0.1, 0.15) is 5.69 Å². The zero-order valence-corrected chi connectivity index (χ0v) is 13.5. The van der Waals surface area contributed by atoms with Crippen molar-refractivity contribution in [3.8, 4) is 0 Å². The summed E-state index contributed by atoms with van der Waals surface area (Å²) in [7, 11) is 1.61. The Bertz CT molecular complexity index is 733. The summed E-state index contributed by atoms with van der Waals surface area (Å²) in [5, 5.41) is 5.94. The molecule has 1 unspecified atom stereocenters. The number of hydrogen-bond acceptors (Lipinski definition) is 4. The number of rotatable bonds is 3. The first-order chi connectivity index (χ1) is 11.7. The number of nitrogens with one attached hydrogen (secondary N) is 2. The van der Waals surface area contributed by atoms with E-state index >= 15 is 0 Å². The first-order valence-electron chi connectivity index (χ1n) is 7.95. The Labute approximate surface area is 140 Å². The minimum Gasteiger partial charge on any atom is -0.355 e. The normalized spacial score (nSPS) is 17.4. The standard InChI is InChI=1S/C18H20N4O2/c1-19-17(23)14-6-4-5-13(11-14)16-12-20-9-10-22(16)18(24)15-7-2-3-8-21-15/h2-8,11,16,20H,9-10,12H2,1H3,(H,19,23). The van der Waals surface area contributed by atoms with Crippen LogP contribution >= 0.6 is 0 Å². The van der Waals surface area contributed by atoms with Crippen LogP contribution in [0.25, 0.3) is 0 Å². The molecule has 0 spiro atoms. The van der Waals surface area contributed by atoms with Crippen molar-refractivity contribution in [2.75, 3.05) is 26.7 Å². The summed E-state index contributed by atoms with van der Waals surface area (Å²) in [6.07, 6.45) is 1.62. The maximum atomic E-state index is 12.8. The summed E-state index contributed by atoms with van der Waals surface area (Å²) in [5.74, 6) is -0.226. The Morgan fingerprint density at radius 1 is 1.25 bits per heavy atom. The molecule has 2 heterocycles. The quantitative estimate of drug-likeness (QED) is 0.890. The van der Waals surface area contributed by atoms with E-state index in [0.29, 0.717) is 24.3 Å². The molecule has 6 heteroatoms. The lowest BCUT2D eigenvalue weighted by atomic mass is 10.00. The van der Waals surface area contributed by atoms with Crippen LogP contribution in [0.15, 0.2) is 48.7 Å². The third-order valence-corrected chi connectivity index (χ3v) is 4.15. The van der Waals surface area contributed by atoms with Gasteiger partial charge >= 0.3 is 0 Å². The van der Waals surface area contributed by atoms with Crippen molar-refractivity contribution in [2.45, 2.75) is 6.04 Å². The fourth-order valence-electron chi connectivity index (χ4n) is 2.91. The highest BCUT2D eigenvalue weighted by molar-refractivity contribution is 5.94. The van der Waals surface area contributed by atoms with Gasteiger partial charge in [-0.15, -0.1) is 0 Å². The average Bonchev–Trinajstić information content (AvgIpc) is 2.67. The molecular weight excluding hydrogens is 304 g/mol. The molecule has 2 N–H and O–H groups in total. The lowest BCUT2D eigenvalue weighted by molar-refractivity contribution is 0.0628. The molecule has 1 fully saturated rings. The predicted molar refractivity (Wildman–Crippen MR) is 90.7 cm³/mol. The first-order valence-corrected chi connectivity index (χ1v) is 7.95. The van der Waals surface area contributed by atoms with E-state index in [9.17, 15) is 9.59 Å². The monoisotopic (exact) mass is 324 g/mol. The number of carbonyl (C=O) groups excluding carboxylic acids is 2. The SMILES string of the molecule is CNC(=O)c1cccc(C2CNCCN2C(=O)c2ccccn2)c1. The van der Waals surface area contributed by atoms with Crippen LogP contribution in [-0.2, 0) is 0 Å². The summed E-state index contributed by atoms with van der Waals surface area (Å²) in [5.41, 5.74) is 1.96. The Kier molecular flexibility index (Phi) is 4.86. The number of pyridine rings is 1. The molecule has 24 heavy (non-hydrogen) atoms. The van der Waals surface area contributed by atoms with E-state index < -0.39 is 0 Å². The fourth-order valence-corrected chi connectivity index (χ4v) is 2.91. The Morgan fingerprint density at radius 2 is 2.12 bits per heavy atom. The number of nitrogens with zero attached hydrogens (tertiary/aromatic N) is 2. The van der Waals surface area contributed by atoms with Crippen LogP contribution in [0.2, 0.25) is 0 Å². The molecule has 1 aromatic carbocycles. The van der Waals surface area contributed by atoms with Crippen molar-refractivity contribution in [1.29, 1.82) is 0 Å². The number of amides is 2. The van der Waals surface area contributed by atoms with E-state index in [1.54, 1.807) is 31.4 Å². The Morgan fingerprint density at radius 3 is 2.88 bits per heavy atom.